The molecule has 2 atom stereocenters. The van der Waals surface area contributed by atoms with Gasteiger partial charge in [0.25, 0.3) is 0 Å². The SMILES string of the molecule is CCC(N)C(c1ccc(C)s1)N(C)Cc1csc(Br)c1. The predicted octanol–water partition coefficient (Wildman–Crippen LogP) is 4.79. The highest BCUT2D eigenvalue weighted by molar-refractivity contribution is 9.11. The van der Waals surface area contributed by atoms with Gasteiger partial charge in [0.1, 0.15) is 0 Å². The van der Waals surface area contributed by atoms with Crippen LogP contribution < -0.4 is 5.73 Å². The summed E-state index contributed by atoms with van der Waals surface area (Å²) in [4.78, 5) is 5.09. The molecule has 2 N–H and O–H groups in total. The van der Waals surface area contributed by atoms with Crippen LogP contribution in [0.25, 0.3) is 0 Å². The van der Waals surface area contributed by atoms with Gasteiger partial charge in [0.15, 0.2) is 0 Å². The topological polar surface area (TPSA) is 29.3 Å². The van der Waals surface area contributed by atoms with Crippen molar-refractivity contribution in [3.8, 4) is 0 Å². The molecule has 2 heterocycles. The molecule has 20 heavy (non-hydrogen) atoms. The molecule has 0 aliphatic heterocycles. The number of rotatable bonds is 6. The molecule has 0 fully saturated rings. The lowest BCUT2D eigenvalue weighted by atomic mass is 10.0. The second kappa shape index (κ2) is 7.18. The number of nitrogens with zero attached hydrogens (tertiary/aromatic N) is 1. The van der Waals surface area contributed by atoms with E-state index in [2.05, 4.69) is 65.3 Å². The average molecular weight is 373 g/mol. The first-order valence-electron chi connectivity index (χ1n) is 6.76. The lowest BCUT2D eigenvalue weighted by Crippen LogP contribution is -2.38. The van der Waals surface area contributed by atoms with Crippen LogP contribution in [-0.4, -0.2) is 18.0 Å². The van der Waals surface area contributed by atoms with Gasteiger partial charge in [-0.05, 0) is 65.5 Å². The monoisotopic (exact) mass is 372 g/mol. The summed E-state index contributed by atoms with van der Waals surface area (Å²) < 4.78 is 1.18. The van der Waals surface area contributed by atoms with E-state index in [4.69, 9.17) is 5.73 Å². The lowest BCUT2D eigenvalue weighted by Gasteiger charge is -2.31. The van der Waals surface area contributed by atoms with E-state index >= 15 is 0 Å². The second-order valence-electron chi connectivity index (χ2n) is 5.14. The number of aryl methyl sites for hydroxylation is 1. The molecular formula is C15H21BrN2S2. The molecule has 0 aromatic carbocycles. The van der Waals surface area contributed by atoms with Crippen molar-refractivity contribution in [3.05, 3.63) is 42.7 Å². The Kier molecular flexibility index (Phi) is 5.81. The van der Waals surface area contributed by atoms with Gasteiger partial charge in [-0.3, -0.25) is 4.90 Å². The Bertz CT molecular complexity index is 550. The highest BCUT2D eigenvalue weighted by Gasteiger charge is 2.24. The van der Waals surface area contributed by atoms with Crippen LogP contribution in [0.15, 0.2) is 27.4 Å². The van der Waals surface area contributed by atoms with Gasteiger partial charge in [-0.1, -0.05) is 6.92 Å². The maximum Gasteiger partial charge on any atom is 0.0701 e. The van der Waals surface area contributed by atoms with Crippen LogP contribution in [-0.2, 0) is 6.54 Å². The third-order valence-electron chi connectivity index (χ3n) is 3.46. The molecule has 0 spiro atoms. The zero-order valence-corrected chi connectivity index (χ0v) is 15.3. The summed E-state index contributed by atoms with van der Waals surface area (Å²) >= 11 is 7.12. The molecule has 0 aliphatic carbocycles. The number of nitrogens with two attached hydrogens (primary N) is 1. The fourth-order valence-electron chi connectivity index (χ4n) is 2.41. The van der Waals surface area contributed by atoms with Crippen molar-refractivity contribution in [1.82, 2.24) is 4.90 Å². The Labute approximate surface area is 137 Å². The summed E-state index contributed by atoms with van der Waals surface area (Å²) in [7, 11) is 2.17. The van der Waals surface area contributed by atoms with Crippen LogP contribution in [0.5, 0.6) is 0 Å². The summed E-state index contributed by atoms with van der Waals surface area (Å²) in [5.41, 5.74) is 7.72. The molecule has 2 aromatic heterocycles. The summed E-state index contributed by atoms with van der Waals surface area (Å²) in [6, 6.07) is 7.05. The van der Waals surface area contributed by atoms with Crippen molar-refractivity contribution in [1.29, 1.82) is 0 Å². The molecule has 2 aromatic rings. The smallest absolute Gasteiger partial charge is 0.0701 e. The lowest BCUT2D eigenvalue weighted by molar-refractivity contribution is 0.205. The first kappa shape index (κ1) is 16.2. The van der Waals surface area contributed by atoms with Gasteiger partial charge < -0.3 is 5.73 Å². The quantitative estimate of drug-likeness (QED) is 0.789. The summed E-state index contributed by atoms with van der Waals surface area (Å²) in [5.74, 6) is 0. The fourth-order valence-corrected chi connectivity index (χ4v) is 4.73. The molecule has 0 saturated heterocycles. The van der Waals surface area contributed by atoms with Crippen molar-refractivity contribution in [2.24, 2.45) is 5.73 Å². The molecule has 2 unspecified atom stereocenters. The van der Waals surface area contributed by atoms with Crippen LogP contribution >= 0.6 is 38.6 Å². The minimum absolute atomic E-state index is 0.167. The molecule has 0 radical (unpaired) electrons. The van der Waals surface area contributed by atoms with E-state index in [0.29, 0.717) is 0 Å². The fraction of sp³-hybridized carbons (Fsp3) is 0.467. The minimum atomic E-state index is 0.167. The minimum Gasteiger partial charge on any atom is -0.326 e. The van der Waals surface area contributed by atoms with Gasteiger partial charge in [-0.2, -0.15) is 0 Å². The molecular weight excluding hydrogens is 352 g/mol. The maximum absolute atomic E-state index is 6.38. The number of halogens is 1. The second-order valence-corrected chi connectivity index (χ2v) is 8.75. The highest BCUT2D eigenvalue weighted by atomic mass is 79.9. The highest BCUT2D eigenvalue weighted by Crippen LogP contribution is 2.31. The third kappa shape index (κ3) is 3.92. The molecule has 0 saturated carbocycles. The average Bonchev–Trinajstić information content (AvgIpc) is 2.99. The van der Waals surface area contributed by atoms with E-state index in [-0.39, 0.29) is 12.1 Å². The normalized spacial score (nSPS) is 14.7. The predicted molar refractivity (Wildman–Crippen MR) is 93.5 cm³/mol. The van der Waals surface area contributed by atoms with Crippen LogP contribution in [0.2, 0.25) is 0 Å². The summed E-state index contributed by atoms with van der Waals surface area (Å²) in [5, 5.41) is 2.20. The Balaban J connectivity index is 2.17. The van der Waals surface area contributed by atoms with Crippen LogP contribution in [0.1, 0.15) is 34.7 Å². The van der Waals surface area contributed by atoms with Crippen LogP contribution in [0.4, 0.5) is 0 Å². The van der Waals surface area contributed by atoms with Crippen LogP contribution in [0, 0.1) is 6.92 Å². The number of hydrogen-bond donors (Lipinski definition) is 1. The standard InChI is InChI=1S/C15H21BrN2S2/c1-4-12(17)15(13-6-5-10(2)20-13)18(3)8-11-7-14(16)19-9-11/h5-7,9,12,15H,4,8,17H2,1-3H3. The van der Waals surface area contributed by atoms with E-state index in [0.717, 1.165) is 13.0 Å². The zero-order valence-electron chi connectivity index (χ0n) is 12.1. The van der Waals surface area contributed by atoms with E-state index in [1.54, 1.807) is 11.3 Å². The van der Waals surface area contributed by atoms with Crippen molar-refractivity contribution in [3.63, 3.8) is 0 Å². The van der Waals surface area contributed by atoms with Crippen LogP contribution in [0.3, 0.4) is 0 Å². The van der Waals surface area contributed by atoms with Gasteiger partial charge in [-0.15, -0.1) is 22.7 Å². The molecule has 2 nitrogen and oxygen atoms in total. The molecule has 2 rings (SSSR count). The van der Waals surface area contributed by atoms with Gasteiger partial charge in [-0.25, -0.2) is 0 Å². The number of likely N-dealkylation sites (N-methyl/N-ethyl adjacent to an activating group) is 1. The molecule has 110 valence electrons. The Morgan fingerprint density at radius 2 is 2.15 bits per heavy atom. The van der Waals surface area contributed by atoms with Gasteiger partial charge >= 0.3 is 0 Å². The number of thiophene rings is 2. The molecule has 0 bridgehead atoms. The van der Waals surface area contributed by atoms with Crippen molar-refractivity contribution >= 4 is 38.6 Å². The Morgan fingerprint density at radius 1 is 1.40 bits per heavy atom. The summed E-state index contributed by atoms with van der Waals surface area (Å²) in [6.07, 6.45) is 0.985. The first-order valence-corrected chi connectivity index (χ1v) is 9.25. The van der Waals surface area contributed by atoms with E-state index < -0.39 is 0 Å². The Hall–Kier alpha value is -0.200. The first-order chi connectivity index (χ1) is 9.51. The van der Waals surface area contributed by atoms with Crippen molar-refractivity contribution < 1.29 is 0 Å². The number of hydrogen-bond acceptors (Lipinski definition) is 4. The molecule has 5 heteroatoms. The largest absolute Gasteiger partial charge is 0.326 e. The molecule has 0 amide bonds. The van der Waals surface area contributed by atoms with E-state index in [1.807, 2.05) is 11.3 Å². The van der Waals surface area contributed by atoms with Gasteiger partial charge in [0.2, 0.25) is 0 Å². The van der Waals surface area contributed by atoms with Crippen molar-refractivity contribution in [2.75, 3.05) is 7.05 Å². The zero-order chi connectivity index (χ0) is 14.7. The van der Waals surface area contributed by atoms with E-state index in [9.17, 15) is 0 Å². The van der Waals surface area contributed by atoms with E-state index in [1.165, 1.54) is 19.1 Å². The molecule has 0 aliphatic rings. The maximum atomic E-state index is 6.38. The third-order valence-corrected chi connectivity index (χ3v) is 6.08. The Morgan fingerprint density at radius 3 is 2.65 bits per heavy atom. The van der Waals surface area contributed by atoms with Gasteiger partial charge in [0, 0.05) is 22.3 Å². The van der Waals surface area contributed by atoms with Gasteiger partial charge in [0.05, 0.1) is 9.83 Å². The van der Waals surface area contributed by atoms with Crippen molar-refractivity contribution in [2.45, 2.75) is 38.9 Å². The summed E-state index contributed by atoms with van der Waals surface area (Å²) in [6.45, 7) is 5.24.